The van der Waals surface area contributed by atoms with Crippen molar-refractivity contribution in [3.05, 3.63) is 76.0 Å². The summed E-state index contributed by atoms with van der Waals surface area (Å²) in [6.45, 7) is 1.85. The molecule has 0 aliphatic carbocycles. The van der Waals surface area contributed by atoms with Gasteiger partial charge < -0.3 is 15.0 Å². The highest BCUT2D eigenvalue weighted by Gasteiger charge is 2.21. The Morgan fingerprint density at radius 3 is 2.68 bits per heavy atom. The molecule has 0 unspecified atom stereocenters. The third kappa shape index (κ3) is 4.81. The van der Waals surface area contributed by atoms with E-state index in [2.05, 4.69) is 21.7 Å². The maximum atomic E-state index is 12.8. The van der Waals surface area contributed by atoms with Gasteiger partial charge in [-0.15, -0.1) is 11.3 Å². The number of carbonyl (C=O) groups is 1. The van der Waals surface area contributed by atoms with Crippen LogP contribution >= 0.6 is 11.3 Å². The van der Waals surface area contributed by atoms with Crippen molar-refractivity contribution in [2.75, 3.05) is 36.2 Å². The number of rotatable bonds is 7. The lowest BCUT2D eigenvalue weighted by molar-refractivity contribution is 0.102. The van der Waals surface area contributed by atoms with Crippen LogP contribution in [0.2, 0.25) is 0 Å². The summed E-state index contributed by atoms with van der Waals surface area (Å²) < 4.78 is 29.4. The quantitative estimate of drug-likeness (QED) is 0.582. The molecule has 1 aromatic heterocycles. The third-order valence-electron chi connectivity index (χ3n) is 5.33. The standard InChI is InChI=1S/C23H24N2O4S2/c1-29-13-15-31(27,28)19-8-6-17(7-9-19)23(26)24-20-4-2-3-5-21(20)25-12-10-22-18(16-25)11-14-30-22/h2-9,11,14H,10,12-13,15-16H2,1H3,(H,24,26). The van der Waals surface area contributed by atoms with Gasteiger partial charge in [-0.05, 0) is 59.8 Å². The summed E-state index contributed by atoms with van der Waals surface area (Å²) >= 11 is 1.80. The Hall–Kier alpha value is -2.68. The van der Waals surface area contributed by atoms with Crippen LogP contribution in [0.25, 0.3) is 0 Å². The largest absolute Gasteiger partial charge is 0.384 e. The minimum absolute atomic E-state index is 0.0932. The second-order valence-electron chi connectivity index (χ2n) is 7.35. The smallest absolute Gasteiger partial charge is 0.255 e. The molecular formula is C23H24N2O4S2. The number of hydrogen-bond donors (Lipinski definition) is 1. The van der Waals surface area contributed by atoms with Gasteiger partial charge in [-0.1, -0.05) is 12.1 Å². The van der Waals surface area contributed by atoms with Crippen molar-refractivity contribution < 1.29 is 17.9 Å². The first kappa shape index (κ1) is 21.5. The fraction of sp³-hybridized carbons (Fsp3) is 0.261. The zero-order valence-corrected chi connectivity index (χ0v) is 18.8. The highest BCUT2D eigenvalue weighted by Crippen LogP contribution is 2.32. The van der Waals surface area contributed by atoms with Crippen LogP contribution < -0.4 is 10.2 Å². The molecule has 162 valence electrons. The molecular weight excluding hydrogens is 432 g/mol. The summed E-state index contributed by atoms with van der Waals surface area (Å²) in [5.41, 5.74) is 3.45. The second kappa shape index (κ2) is 9.21. The number of thiophene rings is 1. The summed E-state index contributed by atoms with van der Waals surface area (Å²) in [5.74, 6) is -0.370. The predicted molar refractivity (Wildman–Crippen MR) is 124 cm³/mol. The van der Waals surface area contributed by atoms with Gasteiger partial charge in [0.05, 0.1) is 28.6 Å². The molecule has 0 atom stereocenters. The minimum atomic E-state index is -3.43. The number of nitrogens with zero attached hydrogens (tertiary/aromatic N) is 1. The lowest BCUT2D eigenvalue weighted by atomic mass is 10.1. The number of carbonyl (C=O) groups excluding carboxylic acids is 1. The lowest BCUT2D eigenvalue weighted by Gasteiger charge is -2.30. The maximum Gasteiger partial charge on any atom is 0.255 e. The minimum Gasteiger partial charge on any atom is -0.384 e. The number of methoxy groups -OCH3 is 1. The summed E-state index contributed by atoms with van der Waals surface area (Å²) in [6, 6.07) is 15.9. The molecule has 6 nitrogen and oxygen atoms in total. The average molecular weight is 457 g/mol. The summed E-state index contributed by atoms with van der Waals surface area (Å²) in [5, 5.41) is 5.11. The van der Waals surface area contributed by atoms with E-state index >= 15 is 0 Å². The zero-order chi connectivity index (χ0) is 21.8. The van der Waals surface area contributed by atoms with E-state index in [9.17, 15) is 13.2 Å². The molecule has 0 radical (unpaired) electrons. The van der Waals surface area contributed by atoms with Gasteiger partial charge in [0.1, 0.15) is 0 Å². The molecule has 3 aromatic rings. The molecule has 1 amide bonds. The van der Waals surface area contributed by atoms with Gasteiger partial charge in [0.2, 0.25) is 0 Å². The molecule has 2 aromatic carbocycles. The first-order valence-electron chi connectivity index (χ1n) is 10.0. The van der Waals surface area contributed by atoms with Gasteiger partial charge in [0.25, 0.3) is 5.91 Å². The van der Waals surface area contributed by atoms with E-state index in [0.29, 0.717) is 5.56 Å². The van der Waals surface area contributed by atoms with Crippen molar-refractivity contribution in [3.63, 3.8) is 0 Å². The van der Waals surface area contributed by atoms with Crippen molar-refractivity contribution in [2.24, 2.45) is 0 Å². The van der Waals surface area contributed by atoms with E-state index in [0.717, 1.165) is 30.9 Å². The number of ether oxygens (including phenoxy) is 1. The number of amides is 1. The highest BCUT2D eigenvalue weighted by atomic mass is 32.2. The summed E-state index contributed by atoms with van der Waals surface area (Å²) in [6.07, 6.45) is 0.994. The van der Waals surface area contributed by atoms with E-state index in [-0.39, 0.29) is 23.2 Å². The van der Waals surface area contributed by atoms with Crippen molar-refractivity contribution in [3.8, 4) is 0 Å². The molecule has 0 bridgehead atoms. The Labute approximate surface area is 186 Å². The fourth-order valence-corrected chi connectivity index (χ4v) is 5.69. The van der Waals surface area contributed by atoms with Crippen LogP contribution in [0.1, 0.15) is 20.8 Å². The van der Waals surface area contributed by atoms with Gasteiger partial charge in [0, 0.05) is 30.6 Å². The summed E-state index contributed by atoms with van der Waals surface area (Å²) in [7, 11) is -1.96. The first-order valence-corrected chi connectivity index (χ1v) is 12.5. The predicted octanol–water partition coefficient (Wildman–Crippen LogP) is 3.98. The van der Waals surface area contributed by atoms with Gasteiger partial charge >= 0.3 is 0 Å². The molecule has 1 aliphatic rings. The molecule has 2 heterocycles. The Bertz CT molecular complexity index is 1170. The molecule has 0 fully saturated rings. The average Bonchev–Trinajstić information content (AvgIpc) is 3.26. The van der Waals surface area contributed by atoms with Crippen LogP contribution in [-0.4, -0.2) is 40.3 Å². The van der Waals surface area contributed by atoms with E-state index in [1.54, 1.807) is 11.3 Å². The molecule has 1 aliphatic heterocycles. The van der Waals surface area contributed by atoms with Crippen molar-refractivity contribution in [1.29, 1.82) is 0 Å². The Balaban J connectivity index is 1.50. The molecule has 0 saturated heterocycles. The Morgan fingerprint density at radius 2 is 1.90 bits per heavy atom. The Morgan fingerprint density at radius 1 is 1.13 bits per heavy atom. The normalized spacial score (nSPS) is 13.6. The molecule has 8 heteroatoms. The van der Waals surface area contributed by atoms with Crippen LogP contribution in [0.4, 0.5) is 11.4 Å². The molecule has 0 spiro atoms. The third-order valence-corrected chi connectivity index (χ3v) is 8.05. The first-order chi connectivity index (χ1) is 15.0. The van der Waals surface area contributed by atoms with Gasteiger partial charge in [-0.3, -0.25) is 4.79 Å². The van der Waals surface area contributed by atoms with E-state index in [1.807, 2.05) is 24.3 Å². The molecule has 0 saturated carbocycles. The SMILES string of the molecule is COCCS(=O)(=O)c1ccc(C(=O)Nc2ccccc2N2CCc3sccc3C2)cc1. The van der Waals surface area contributed by atoms with Gasteiger partial charge in [-0.2, -0.15) is 0 Å². The Kier molecular flexibility index (Phi) is 6.41. The van der Waals surface area contributed by atoms with Gasteiger partial charge in [0.15, 0.2) is 9.84 Å². The van der Waals surface area contributed by atoms with Crippen LogP contribution in [0.15, 0.2) is 64.9 Å². The maximum absolute atomic E-state index is 12.8. The van der Waals surface area contributed by atoms with Crippen LogP contribution in [0.3, 0.4) is 0 Å². The van der Waals surface area contributed by atoms with Crippen LogP contribution in [0.5, 0.6) is 0 Å². The van der Waals surface area contributed by atoms with Gasteiger partial charge in [-0.25, -0.2) is 8.42 Å². The van der Waals surface area contributed by atoms with Crippen LogP contribution in [-0.2, 0) is 27.5 Å². The summed E-state index contributed by atoms with van der Waals surface area (Å²) in [4.78, 5) is 16.7. The molecule has 1 N–H and O–H groups in total. The topological polar surface area (TPSA) is 75.7 Å². The number of anilines is 2. The highest BCUT2D eigenvalue weighted by molar-refractivity contribution is 7.91. The number of hydrogen-bond acceptors (Lipinski definition) is 6. The van der Waals surface area contributed by atoms with E-state index in [1.165, 1.54) is 41.8 Å². The second-order valence-corrected chi connectivity index (χ2v) is 10.5. The van der Waals surface area contributed by atoms with Crippen molar-refractivity contribution in [1.82, 2.24) is 0 Å². The van der Waals surface area contributed by atoms with E-state index in [4.69, 9.17) is 4.74 Å². The monoisotopic (exact) mass is 456 g/mol. The number of fused-ring (bicyclic) bond motifs is 1. The van der Waals surface area contributed by atoms with E-state index < -0.39 is 9.84 Å². The number of para-hydroxylation sites is 2. The van der Waals surface area contributed by atoms with Crippen molar-refractivity contribution >= 4 is 38.5 Å². The number of benzene rings is 2. The zero-order valence-electron chi connectivity index (χ0n) is 17.2. The number of sulfone groups is 1. The van der Waals surface area contributed by atoms with Crippen molar-refractivity contribution in [2.45, 2.75) is 17.9 Å². The van der Waals surface area contributed by atoms with Crippen LogP contribution in [0, 0.1) is 0 Å². The number of nitrogens with one attached hydrogen (secondary N) is 1. The molecule has 4 rings (SSSR count). The fourth-order valence-electron chi connectivity index (χ4n) is 3.63. The molecule has 31 heavy (non-hydrogen) atoms. The lowest BCUT2D eigenvalue weighted by Crippen LogP contribution is -2.30.